The summed E-state index contributed by atoms with van der Waals surface area (Å²) in [5.74, 6) is -0.951. The van der Waals surface area contributed by atoms with Crippen molar-refractivity contribution in [2.75, 3.05) is 0 Å². The molecule has 0 bridgehead atoms. The van der Waals surface area contributed by atoms with E-state index in [1.54, 1.807) is 0 Å². The number of benzene rings is 1. The van der Waals surface area contributed by atoms with E-state index in [0.717, 1.165) is 11.1 Å². The van der Waals surface area contributed by atoms with Gasteiger partial charge < -0.3 is 10.8 Å². The second-order valence-electron chi connectivity index (χ2n) is 4.01. The van der Waals surface area contributed by atoms with Crippen molar-refractivity contribution >= 4 is 5.97 Å². The van der Waals surface area contributed by atoms with Crippen molar-refractivity contribution in [3.8, 4) is 0 Å². The van der Waals surface area contributed by atoms with Gasteiger partial charge in [0.15, 0.2) is 0 Å². The second kappa shape index (κ2) is 4.45. The molecule has 82 valence electrons. The van der Waals surface area contributed by atoms with Crippen LogP contribution < -0.4 is 5.73 Å². The van der Waals surface area contributed by atoms with Crippen molar-refractivity contribution in [2.24, 2.45) is 5.73 Å². The number of rotatable bonds is 3. The fourth-order valence-corrected chi connectivity index (χ4v) is 1.56. The van der Waals surface area contributed by atoms with Crippen molar-refractivity contribution in [3.05, 3.63) is 34.4 Å². The van der Waals surface area contributed by atoms with Gasteiger partial charge in [-0.05, 0) is 49.4 Å². The molecule has 0 fully saturated rings. The Kier molecular flexibility index (Phi) is 3.48. The predicted molar refractivity (Wildman–Crippen MR) is 60.0 cm³/mol. The van der Waals surface area contributed by atoms with E-state index in [1.807, 2.05) is 26.8 Å². The summed E-state index contributed by atoms with van der Waals surface area (Å²) in [7, 11) is 0. The van der Waals surface area contributed by atoms with Gasteiger partial charge in [-0.2, -0.15) is 0 Å². The lowest BCUT2D eigenvalue weighted by molar-refractivity contribution is -0.138. The number of carboxylic acids is 1. The van der Waals surface area contributed by atoms with E-state index in [1.165, 1.54) is 11.1 Å². The molecular weight excluding hydrogens is 190 g/mol. The quantitative estimate of drug-likeness (QED) is 0.790. The SMILES string of the molecule is Cc1cc(C)c(C[C@@H](N)C(=O)O)cc1C. The first-order valence-corrected chi connectivity index (χ1v) is 4.97. The number of nitrogens with two attached hydrogens (primary N) is 1. The largest absolute Gasteiger partial charge is 0.480 e. The van der Waals surface area contributed by atoms with Crippen molar-refractivity contribution in [2.45, 2.75) is 33.2 Å². The van der Waals surface area contributed by atoms with Crippen molar-refractivity contribution in [1.29, 1.82) is 0 Å². The Labute approximate surface area is 89.9 Å². The van der Waals surface area contributed by atoms with Crippen LogP contribution in [-0.2, 0) is 11.2 Å². The maximum absolute atomic E-state index is 10.6. The third-order valence-corrected chi connectivity index (χ3v) is 2.71. The second-order valence-corrected chi connectivity index (χ2v) is 4.01. The molecule has 3 nitrogen and oxygen atoms in total. The van der Waals surface area contributed by atoms with Gasteiger partial charge in [0.25, 0.3) is 0 Å². The predicted octanol–water partition coefficient (Wildman–Crippen LogP) is 1.57. The van der Waals surface area contributed by atoms with Crippen LogP contribution >= 0.6 is 0 Å². The topological polar surface area (TPSA) is 63.3 Å². The standard InChI is InChI=1S/C12H17NO2/c1-7-4-9(3)10(5-8(7)2)6-11(13)12(14)15/h4-5,11H,6,13H2,1-3H3,(H,14,15)/t11-/m1/s1. The zero-order valence-corrected chi connectivity index (χ0v) is 9.37. The van der Waals surface area contributed by atoms with Gasteiger partial charge in [0.05, 0.1) is 0 Å². The fourth-order valence-electron chi connectivity index (χ4n) is 1.56. The minimum absolute atomic E-state index is 0.391. The highest BCUT2D eigenvalue weighted by Crippen LogP contribution is 2.16. The zero-order chi connectivity index (χ0) is 11.6. The molecule has 15 heavy (non-hydrogen) atoms. The molecule has 1 rings (SSSR count). The molecule has 0 aliphatic rings. The molecule has 1 aromatic rings. The first-order chi connectivity index (χ1) is 6.91. The van der Waals surface area contributed by atoms with E-state index in [9.17, 15) is 4.79 Å². The number of carbonyl (C=O) groups is 1. The van der Waals surface area contributed by atoms with E-state index in [-0.39, 0.29) is 0 Å². The van der Waals surface area contributed by atoms with Crippen LogP contribution in [0.1, 0.15) is 22.3 Å². The Balaban J connectivity index is 2.95. The molecule has 0 saturated heterocycles. The highest BCUT2D eigenvalue weighted by molar-refractivity contribution is 5.73. The van der Waals surface area contributed by atoms with Gasteiger partial charge in [-0.25, -0.2) is 0 Å². The maximum Gasteiger partial charge on any atom is 0.320 e. The summed E-state index contributed by atoms with van der Waals surface area (Å²) in [6, 6.07) is 3.28. The van der Waals surface area contributed by atoms with Gasteiger partial charge in [-0.1, -0.05) is 12.1 Å². The van der Waals surface area contributed by atoms with Crippen LogP contribution in [-0.4, -0.2) is 17.1 Å². The Morgan fingerprint density at radius 3 is 2.33 bits per heavy atom. The lowest BCUT2D eigenvalue weighted by Crippen LogP contribution is -2.32. The molecule has 0 spiro atoms. The summed E-state index contributed by atoms with van der Waals surface area (Å²) < 4.78 is 0. The highest BCUT2D eigenvalue weighted by Gasteiger charge is 2.13. The first-order valence-electron chi connectivity index (χ1n) is 4.97. The van der Waals surface area contributed by atoms with Crippen LogP contribution in [0.15, 0.2) is 12.1 Å². The molecule has 0 aromatic heterocycles. The van der Waals surface area contributed by atoms with Crippen molar-refractivity contribution in [3.63, 3.8) is 0 Å². The zero-order valence-electron chi connectivity index (χ0n) is 9.37. The van der Waals surface area contributed by atoms with Crippen LogP contribution in [0.5, 0.6) is 0 Å². The Morgan fingerprint density at radius 1 is 1.27 bits per heavy atom. The van der Waals surface area contributed by atoms with Gasteiger partial charge in [0, 0.05) is 0 Å². The summed E-state index contributed by atoms with van der Waals surface area (Å²) in [6.07, 6.45) is 0.391. The van der Waals surface area contributed by atoms with Crippen LogP contribution in [0.3, 0.4) is 0 Å². The van der Waals surface area contributed by atoms with E-state index < -0.39 is 12.0 Å². The third kappa shape index (κ3) is 2.80. The van der Waals surface area contributed by atoms with Gasteiger partial charge in [0.2, 0.25) is 0 Å². The van der Waals surface area contributed by atoms with Crippen LogP contribution in [0.4, 0.5) is 0 Å². The van der Waals surface area contributed by atoms with Crippen molar-refractivity contribution < 1.29 is 9.90 Å². The van der Waals surface area contributed by atoms with Gasteiger partial charge in [-0.15, -0.1) is 0 Å². The molecule has 0 radical (unpaired) electrons. The Morgan fingerprint density at radius 2 is 1.80 bits per heavy atom. The molecule has 1 aromatic carbocycles. The molecule has 0 aliphatic carbocycles. The molecule has 0 saturated carbocycles. The highest BCUT2D eigenvalue weighted by atomic mass is 16.4. The van der Waals surface area contributed by atoms with Crippen LogP contribution in [0.25, 0.3) is 0 Å². The van der Waals surface area contributed by atoms with E-state index in [2.05, 4.69) is 6.07 Å². The monoisotopic (exact) mass is 207 g/mol. The summed E-state index contributed by atoms with van der Waals surface area (Å²) in [5, 5.41) is 8.73. The molecular formula is C12H17NO2. The number of carboxylic acid groups (broad SMARTS) is 1. The Bertz CT molecular complexity index is 385. The smallest absolute Gasteiger partial charge is 0.320 e. The van der Waals surface area contributed by atoms with E-state index in [4.69, 9.17) is 10.8 Å². The minimum Gasteiger partial charge on any atom is -0.480 e. The fraction of sp³-hybridized carbons (Fsp3) is 0.417. The van der Waals surface area contributed by atoms with Crippen molar-refractivity contribution in [1.82, 2.24) is 0 Å². The third-order valence-electron chi connectivity index (χ3n) is 2.71. The normalized spacial score (nSPS) is 12.5. The minimum atomic E-state index is -0.951. The number of aliphatic carboxylic acids is 1. The number of aryl methyl sites for hydroxylation is 3. The first kappa shape index (κ1) is 11.7. The number of hydrogen-bond acceptors (Lipinski definition) is 2. The van der Waals surface area contributed by atoms with Gasteiger partial charge in [0.1, 0.15) is 6.04 Å². The molecule has 0 amide bonds. The molecule has 0 aliphatic heterocycles. The Hall–Kier alpha value is -1.35. The number of hydrogen-bond donors (Lipinski definition) is 2. The van der Waals surface area contributed by atoms with E-state index in [0.29, 0.717) is 6.42 Å². The summed E-state index contributed by atoms with van der Waals surface area (Å²) in [6.45, 7) is 6.05. The average Bonchev–Trinajstić information content (AvgIpc) is 2.13. The molecule has 3 N–H and O–H groups in total. The van der Waals surface area contributed by atoms with Gasteiger partial charge >= 0.3 is 5.97 Å². The maximum atomic E-state index is 10.6. The van der Waals surface area contributed by atoms with E-state index >= 15 is 0 Å². The summed E-state index contributed by atoms with van der Waals surface area (Å²) in [4.78, 5) is 10.6. The average molecular weight is 207 g/mol. The summed E-state index contributed by atoms with van der Waals surface area (Å²) in [5.41, 5.74) is 10.0. The molecule has 0 heterocycles. The summed E-state index contributed by atoms with van der Waals surface area (Å²) >= 11 is 0. The lowest BCUT2D eigenvalue weighted by atomic mass is 9.96. The van der Waals surface area contributed by atoms with Gasteiger partial charge in [-0.3, -0.25) is 4.79 Å². The molecule has 3 heteroatoms. The molecule has 1 atom stereocenters. The van der Waals surface area contributed by atoms with Crippen LogP contribution in [0, 0.1) is 20.8 Å². The van der Waals surface area contributed by atoms with Crippen LogP contribution in [0.2, 0.25) is 0 Å². The lowest BCUT2D eigenvalue weighted by Gasteiger charge is -2.12. The molecule has 0 unspecified atom stereocenters.